The molecule has 0 atom stereocenters. The second-order valence-corrected chi connectivity index (χ2v) is 5.35. The first-order valence-electron chi connectivity index (χ1n) is 6.34. The van der Waals surface area contributed by atoms with Crippen LogP contribution in [0.4, 0.5) is 5.69 Å². The van der Waals surface area contributed by atoms with Gasteiger partial charge < -0.3 is 5.32 Å². The maximum atomic E-state index is 10.9. The highest BCUT2D eigenvalue weighted by Gasteiger charge is 2.11. The molecule has 0 radical (unpaired) electrons. The van der Waals surface area contributed by atoms with E-state index < -0.39 is 0 Å². The van der Waals surface area contributed by atoms with Gasteiger partial charge in [0.05, 0.1) is 4.92 Å². The van der Waals surface area contributed by atoms with Crippen LogP contribution >= 0.6 is 15.9 Å². The van der Waals surface area contributed by atoms with Gasteiger partial charge in [0.15, 0.2) is 0 Å². The predicted octanol–water partition coefficient (Wildman–Crippen LogP) is 3.69. The molecule has 0 amide bonds. The lowest BCUT2D eigenvalue weighted by Crippen LogP contribution is -2.17. The van der Waals surface area contributed by atoms with Crippen LogP contribution in [0.1, 0.15) is 11.1 Å². The summed E-state index contributed by atoms with van der Waals surface area (Å²) in [5.41, 5.74) is 2.15. The SMILES string of the molecule is O=[N+]([O-])c1ccccc1CCNCc1ccc(Br)cc1. The standard InChI is InChI=1S/C15H15BrN2O2/c16-14-7-5-12(6-8-14)11-17-10-9-13-3-1-2-4-15(13)18(19)20/h1-8,17H,9-11H2. The average molecular weight is 335 g/mol. The first-order chi connectivity index (χ1) is 9.66. The predicted molar refractivity (Wildman–Crippen MR) is 82.6 cm³/mol. The third kappa shape index (κ3) is 4.15. The van der Waals surface area contributed by atoms with E-state index >= 15 is 0 Å². The van der Waals surface area contributed by atoms with E-state index in [4.69, 9.17) is 0 Å². The Morgan fingerprint density at radius 2 is 1.80 bits per heavy atom. The minimum absolute atomic E-state index is 0.193. The maximum Gasteiger partial charge on any atom is 0.272 e. The van der Waals surface area contributed by atoms with Gasteiger partial charge in [0, 0.05) is 22.6 Å². The Morgan fingerprint density at radius 3 is 2.50 bits per heavy atom. The lowest BCUT2D eigenvalue weighted by molar-refractivity contribution is -0.385. The second-order valence-electron chi connectivity index (χ2n) is 4.44. The lowest BCUT2D eigenvalue weighted by atomic mass is 10.1. The Morgan fingerprint density at radius 1 is 1.10 bits per heavy atom. The van der Waals surface area contributed by atoms with Crippen molar-refractivity contribution in [3.05, 3.63) is 74.2 Å². The molecule has 2 aromatic rings. The molecule has 4 nitrogen and oxygen atoms in total. The van der Waals surface area contributed by atoms with E-state index in [2.05, 4.69) is 21.2 Å². The van der Waals surface area contributed by atoms with Crippen molar-refractivity contribution in [3.63, 3.8) is 0 Å². The molecule has 0 aromatic heterocycles. The number of nitrogens with one attached hydrogen (secondary N) is 1. The number of benzene rings is 2. The molecule has 2 rings (SSSR count). The van der Waals surface area contributed by atoms with Gasteiger partial charge in [-0.3, -0.25) is 10.1 Å². The van der Waals surface area contributed by atoms with Crippen molar-refractivity contribution in [2.45, 2.75) is 13.0 Å². The van der Waals surface area contributed by atoms with Crippen molar-refractivity contribution in [3.8, 4) is 0 Å². The van der Waals surface area contributed by atoms with Gasteiger partial charge >= 0.3 is 0 Å². The van der Waals surface area contributed by atoms with Gasteiger partial charge in [-0.15, -0.1) is 0 Å². The van der Waals surface area contributed by atoms with Gasteiger partial charge in [-0.1, -0.05) is 46.3 Å². The van der Waals surface area contributed by atoms with E-state index in [0.29, 0.717) is 13.0 Å². The fourth-order valence-electron chi connectivity index (χ4n) is 1.96. The number of hydrogen-bond acceptors (Lipinski definition) is 3. The van der Waals surface area contributed by atoms with Gasteiger partial charge in [0.25, 0.3) is 5.69 Å². The largest absolute Gasteiger partial charge is 0.312 e. The van der Waals surface area contributed by atoms with Gasteiger partial charge in [-0.25, -0.2) is 0 Å². The lowest BCUT2D eigenvalue weighted by Gasteiger charge is -2.06. The number of hydrogen-bond donors (Lipinski definition) is 1. The Bertz CT molecular complexity index is 585. The molecule has 0 saturated carbocycles. The zero-order valence-corrected chi connectivity index (χ0v) is 12.5. The Balaban J connectivity index is 1.84. The van der Waals surface area contributed by atoms with Gasteiger partial charge in [-0.05, 0) is 30.7 Å². The zero-order chi connectivity index (χ0) is 14.4. The smallest absolute Gasteiger partial charge is 0.272 e. The quantitative estimate of drug-likeness (QED) is 0.498. The average Bonchev–Trinajstić information content (AvgIpc) is 2.46. The highest BCUT2D eigenvalue weighted by molar-refractivity contribution is 9.10. The topological polar surface area (TPSA) is 55.2 Å². The first-order valence-corrected chi connectivity index (χ1v) is 7.13. The van der Waals surface area contributed by atoms with Gasteiger partial charge in [0.2, 0.25) is 0 Å². The molecule has 0 aliphatic heterocycles. The van der Waals surface area contributed by atoms with Crippen LogP contribution in [0.5, 0.6) is 0 Å². The van der Waals surface area contributed by atoms with E-state index in [1.807, 2.05) is 30.3 Å². The highest BCUT2D eigenvalue weighted by atomic mass is 79.9. The summed E-state index contributed by atoms with van der Waals surface area (Å²) in [5, 5.41) is 14.2. The minimum atomic E-state index is -0.329. The first kappa shape index (κ1) is 14.7. The van der Waals surface area contributed by atoms with Crippen LogP contribution in [0.15, 0.2) is 53.0 Å². The van der Waals surface area contributed by atoms with Crippen LogP contribution in [0.25, 0.3) is 0 Å². The molecule has 0 unspecified atom stereocenters. The van der Waals surface area contributed by atoms with Crippen LogP contribution in [-0.4, -0.2) is 11.5 Å². The second kappa shape index (κ2) is 7.17. The summed E-state index contributed by atoms with van der Waals surface area (Å²) in [6, 6.07) is 15.0. The van der Waals surface area contributed by atoms with E-state index in [-0.39, 0.29) is 10.6 Å². The number of nitro benzene ring substituents is 1. The molecule has 2 aromatic carbocycles. The molecular formula is C15H15BrN2O2. The van der Waals surface area contributed by atoms with E-state index in [1.165, 1.54) is 5.56 Å². The Kier molecular flexibility index (Phi) is 5.26. The fourth-order valence-corrected chi connectivity index (χ4v) is 2.22. The van der Waals surface area contributed by atoms with Crippen LogP contribution in [0.3, 0.4) is 0 Å². The van der Waals surface area contributed by atoms with Crippen LogP contribution < -0.4 is 5.32 Å². The zero-order valence-electron chi connectivity index (χ0n) is 10.9. The van der Waals surface area contributed by atoms with Gasteiger partial charge in [-0.2, -0.15) is 0 Å². The highest BCUT2D eigenvalue weighted by Crippen LogP contribution is 2.17. The van der Waals surface area contributed by atoms with Crippen LogP contribution in [0.2, 0.25) is 0 Å². The number of para-hydroxylation sites is 1. The molecule has 0 aliphatic carbocycles. The number of nitrogens with zero attached hydrogens (tertiary/aromatic N) is 1. The van der Waals surface area contributed by atoms with E-state index in [0.717, 1.165) is 16.6 Å². The summed E-state index contributed by atoms with van der Waals surface area (Å²) in [7, 11) is 0. The number of halogens is 1. The minimum Gasteiger partial charge on any atom is -0.312 e. The number of rotatable bonds is 6. The van der Waals surface area contributed by atoms with Gasteiger partial charge in [0.1, 0.15) is 0 Å². The van der Waals surface area contributed by atoms with Crippen molar-refractivity contribution >= 4 is 21.6 Å². The maximum absolute atomic E-state index is 10.9. The fraction of sp³-hybridized carbons (Fsp3) is 0.200. The Labute approximate surface area is 126 Å². The molecule has 5 heteroatoms. The summed E-state index contributed by atoms with van der Waals surface area (Å²) < 4.78 is 1.06. The summed E-state index contributed by atoms with van der Waals surface area (Å²) >= 11 is 3.40. The molecule has 1 N–H and O–H groups in total. The molecular weight excluding hydrogens is 320 g/mol. The monoisotopic (exact) mass is 334 g/mol. The van der Waals surface area contributed by atoms with E-state index in [1.54, 1.807) is 18.2 Å². The van der Waals surface area contributed by atoms with Crippen molar-refractivity contribution in [2.75, 3.05) is 6.54 Å². The third-order valence-electron chi connectivity index (χ3n) is 3.00. The normalized spacial score (nSPS) is 10.4. The molecule has 0 fully saturated rings. The van der Waals surface area contributed by atoms with Crippen molar-refractivity contribution < 1.29 is 4.92 Å². The van der Waals surface area contributed by atoms with Crippen LogP contribution in [0, 0.1) is 10.1 Å². The summed E-state index contributed by atoms with van der Waals surface area (Å²) in [6.45, 7) is 1.47. The van der Waals surface area contributed by atoms with Crippen LogP contribution in [-0.2, 0) is 13.0 Å². The molecule has 0 saturated heterocycles. The Hall–Kier alpha value is -1.72. The molecule has 0 bridgehead atoms. The molecule has 0 aliphatic rings. The number of nitro groups is 1. The van der Waals surface area contributed by atoms with E-state index in [9.17, 15) is 10.1 Å². The molecule has 104 valence electrons. The van der Waals surface area contributed by atoms with Crippen molar-refractivity contribution in [1.82, 2.24) is 5.32 Å². The third-order valence-corrected chi connectivity index (χ3v) is 3.53. The summed E-state index contributed by atoms with van der Waals surface area (Å²) in [6.07, 6.45) is 0.647. The van der Waals surface area contributed by atoms with Crippen molar-refractivity contribution in [2.24, 2.45) is 0 Å². The van der Waals surface area contributed by atoms with Crippen molar-refractivity contribution in [1.29, 1.82) is 0 Å². The molecule has 0 heterocycles. The molecule has 0 spiro atoms. The molecule has 20 heavy (non-hydrogen) atoms. The summed E-state index contributed by atoms with van der Waals surface area (Å²) in [4.78, 5) is 10.6. The summed E-state index contributed by atoms with van der Waals surface area (Å²) in [5.74, 6) is 0.